The predicted molar refractivity (Wildman–Crippen MR) is 115 cm³/mol. The Balaban J connectivity index is 2.05. The van der Waals surface area contributed by atoms with Crippen LogP contribution in [0.5, 0.6) is 5.75 Å². The summed E-state index contributed by atoms with van der Waals surface area (Å²) in [5.41, 5.74) is 0.509. The summed E-state index contributed by atoms with van der Waals surface area (Å²) in [6, 6.07) is 8.07. The fraction of sp³-hybridized carbons (Fsp3) is 0.333. The van der Waals surface area contributed by atoms with Crippen LogP contribution in [-0.4, -0.2) is 48.1 Å². The van der Waals surface area contributed by atoms with Gasteiger partial charge in [-0.15, -0.1) is 11.3 Å². The average Bonchev–Trinajstić information content (AvgIpc) is 3.29. The summed E-state index contributed by atoms with van der Waals surface area (Å²) in [5, 5.41) is 12.9. The first kappa shape index (κ1) is 21.5. The van der Waals surface area contributed by atoms with Crippen molar-refractivity contribution in [2.24, 2.45) is 0 Å². The quantitative estimate of drug-likeness (QED) is 0.362. The van der Waals surface area contributed by atoms with Gasteiger partial charge in [0.25, 0.3) is 11.7 Å². The first-order chi connectivity index (χ1) is 13.8. The van der Waals surface area contributed by atoms with Gasteiger partial charge in [0.2, 0.25) is 0 Å². The number of carbonyl (C=O) groups is 2. The van der Waals surface area contributed by atoms with Crippen LogP contribution in [0.3, 0.4) is 0 Å². The number of rotatable bonds is 7. The van der Waals surface area contributed by atoms with E-state index in [1.165, 1.54) is 16.2 Å². The topological polar surface area (TPSA) is 76.1 Å². The van der Waals surface area contributed by atoms with E-state index in [9.17, 15) is 14.7 Å². The molecule has 29 heavy (non-hydrogen) atoms. The number of benzene rings is 1. The van der Waals surface area contributed by atoms with Crippen molar-refractivity contribution in [3.8, 4) is 5.75 Å². The number of nitrogens with zero attached hydrogens (tertiary/aromatic N) is 1. The number of halogens is 1. The molecule has 154 valence electrons. The highest BCUT2D eigenvalue weighted by molar-refractivity contribution is 9.10. The number of aliphatic hydroxyl groups is 1. The van der Waals surface area contributed by atoms with Crippen molar-refractivity contribution in [2.75, 3.05) is 20.3 Å². The lowest BCUT2D eigenvalue weighted by atomic mass is 10.00. The van der Waals surface area contributed by atoms with Crippen molar-refractivity contribution < 1.29 is 24.2 Å². The van der Waals surface area contributed by atoms with E-state index in [2.05, 4.69) is 15.9 Å². The Morgan fingerprint density at radius 1 is 1.31 bits per heavy atom. The number of amides is 1. The largest absolute Gasteiger partial charge is 0.507 e. The van der Waals surface area contributed by atoms with Crippen molar-refractivity contribution in [3.05, 3.63) is 56.2 Å². The Labute approximate surface area is 181 Å². The molecule has 1 aromatic heterocycles. The predicted octanol–water partition coefficient (Wildman–Crippen LogP) is 4.37. The number of hydrogen-bond donors (Lipinski definition) is 1. The summed E-state index contributed by atoms with van der Waals surface area (Å²) in [5.74, 6) is -0.942. The molecular weight excluding hydrogens is 458 g/mol. The Bertz CT molecular complexity index is 939. The third kappa shape index (κ3) is 4.39. The Morgan fingerprint density at radius 2 is 2.07 bits per heavy atom. The van der Waals surface area contributed by atoms with E-state index in [0.717, 1.165) is 4.88 Å². The van der Waals surface area contributed by atoms with Crippen molar-refractivity contribution in [1.82, 2.24) is 4.90 Å². The van der Waals surface area contributed by atoms with Crippen LogP contribution in [0.1, 0.15) is 30.3 Å². The van der Waals surface area contributed by atoms with Gasteiger partial charge in [-0.1, -0.05) is 6.07 Å². The minimum absolute atomic E-state index is 0.0173. The van der Waals surface area contributed by atoms with Crippen molar-refractivity contribution in [3.63, 3.8) is 0 Å². The minimum atomic E-state index is -0.697. The summed E-state index contributed by atoms with van der Waals surface area (Å²) in [7, 11) is 1.54. The maximum atomic E-state index is 12.9. The van der Waals surface area contributed by atoms with Gasteiger partial charge in [0.15, 0.2) is 0 Å². The molecule has 3 rings (SSSR count). The second kappa shape index (κ2) is 9.11. The second-order valence-corrected chi connectivity index (χ2v) is 8.61. The standard InChI is InChI=1S/C21H22BrNO5S/c1-12(2)28-9-8-23-18(16-5-4-10-29-16)17(20(25)21(23)26)19(24)13-6-7-15(27-3)14(22)11-13/h4-7,10-12,18,24H,8-9H2,1-3H3/b19-17-. The molecule has 0 spiro atoms. The summed E-state index contributed by atoms with van der Waals surface area (Å²) >= 11 is 4.82. The summed E-state index contributed by atoms with van der Waals surface area (Å²) in [6.45, 7) is 4.38. The number of Topliss-reactive ketones (excluding diaryl/α,β-unsaturated/α-hetero) is 1. The smallest absolute Gasteiger partial charge is 0.295 e. The third-order valence-corrected chi connectivity index (χ3v) is 6.11. The fourth-order valence-electron chi connectivity index (χ4n) is 3.21. The maximum absolute atomic E-state index is 12.9. The lowest BCUT2D eigenvalue weighted by molar-refractivity contribution is -0.140. The van der Waals surface area contributed by atoms with Crippen LogP contribution < -0.4 is 4.74 Å². The van der Waals surface area contributed by atoms with Gasteiger partial charge in [0.1, 0.15) is 11.5 Å². The first-order valence-electron chi connectivity index (χ1n) is 9.12. The van der Waals surface area contributed by atoms with Gasteiger partial charge in [-0.3, -0.25) is 9.59 Å². The fourth-order valence-corrected chi connectivity index (χ4v) is 4.60. The molecule has 1 saturated heterocycles. The molecule has 2 heterocycles. The number of thiophene rings is 1. The maximum Gasteiger partial charge on any atom is 0.295 e. The van der Waals surface area contributed by atoms with Gasteiger partial charge in [-0.25, -0.2) is 0 Å². The number of methoxy groups -OCH3 is 1. The van der Waals surface area contributed by atoms with Gasteiger partial charge < -0.3 is 19.5 Å². The van der Waals surface area contributed by atoms with Crippen molar-refractivity contribution in [1.29, 1.82) is 0 Å². The molecule has 0 bridgehead atoms. The second-order valence-electron chi connectivity index (χ2n) is 6.78. The van der Waals surface area contributed by atoms with Gasteiger partial charge in [-0.05, 0) is 59.4 Å². The van der Waals surface area contributed by atoms with Crippen LogP contribution in [0, 0.1) is 0 Å². The first-order valence-corrected chi connectivity index (χ1v) is 10.8. The molecule has 1 N–H and O–H groups in total. The van der Waals surface area contributed by atoms with Crippen LogP contribution in [-0.2, 0) is 14.3 Å². The van der Waals surface area contributed by atoms with E-state index < -0.39 is 17.7 Å². The summed E-state index contributed by atoms with van der Waals surface area (Å²) in [6.07, 6.45) is 0.0173. The molecule has 0 radical (unpaired) electrons. The molecule has 6 nitrogen and oxygen atoms in total. The van der Waals surface area contributed by atoms with Crippen LogP contribution in [0.4, 0.5) is 0 Å². The third-order valence-electron chi connectivity index (χ3n) is 4.56. The number of likely N-dealkylation sites (tertiary alicyclic amines) is 1. The lowest BCUT2D eigenvalue weighted by Crippen LogP contribution is -2.33. The summed E-state index contributed by atoms with van der Waals surface area (Å²) in [4.78, 5) is 27.9. The zero-order valence-corrected chi connectivity index (χ0v) is 18.7. The highest BCUT2D eigenvalue weighted by Crippen LogP contribution is 2.41. The van der Waals surface area contributed by atoms with Gasteiger partial charge >= 0.3 is 0 Å². The van der Waals surface area contributed by atoms with Crippen LogP contribution in [0.2, 0.25) is 0 Å². The average molecular weight is 480 g/mol. The van der Waals surface area contributed by atoms with E-state index in [0.29, 0.717) is 22.4 Å². The van der Waals surface area contributed by atoms with Gasteiger partial charge in [-0.2, -0.15) is 0 Å². The number of carbonyl (C=O) groups excluding carboxylic acids is 2. The molecule has 0 aliphatic carbocycles. The van der Waals surface area contributed by atoms with Gasteiger partial charge in [0, 0.05) is 17.0 Å². The Hall–Kier alpha value is -2.16. The molecule has 1 aliphatic heterocycles. The molecular formula is C21H22BrNO5S. The summed E-state index contributed by atoms with van der Waals surface area (Å²) < 4.78 is 11.4. The zero-order valence-electron chi connectivity index (χ0n) is 16.3. The Morgan fingerprint density at radius 3 is 2.66 bits per heavy atom. The van der Waals surface area contributed by atoms with E-state index in [1.807, 2.05) is 31.4 Å². The molecule has 8 heteroatoms. The molecule has 1 amide bonds. The molecule has 1 aliphatic rings. The van der Waals surface area contributed by atoms with Crippen LogP contribution in [0.15, 0.2) is 45.8 Å². The van der Waals surface area contributed by atoms with E-state index >= 15 is 0 Å². The lowest BCUT2D eigenvalue weighted by Gasteiger charge is -2.24. The van der Waals surface area contributed by atoms with E-state index in [-0.39, 0.29) is 24.0 Å². The normalized spacial score (nSPS) is 18.7. The highest BCUT2D eigenvalue weighted by Gasteiger charge is 2.46. The number of hydrogen-bond acceptors (Lipinski definition) is 6. The van der Waals surface area contributed by atoms with Crippen LogP contribution >= 0.6 is 27.3 Å². The zero-order chi connectivity index (χ0) is 21.1. The molecule has 1 atom stereocenters. The number of ether oxygens (including phenoxy) is 2. The van der Waals surface area contributed by atoms with Gasteiger partial charge in [0.05, 0.1) is 35.9 Å². The highest BCUT2D eigenvalue weighted by atomic mass is 79.9. The minimum Gasteiger partial charge on any atom is -0.507 e. The SMILES string of the molecule is COc1ccc(/C(O)=C2/C(=O)C(=O)N(CCOC(C)C)C2c2cccs2)cc1Br. The molecule has 1 aromatic carbocycles. The molecule has 2 aromatic rings. The van der Waals surface area contributed by atoms with E-state index in [4.69, 9.17) is 9.47 Å². The molecule has 0 saturated carbocycles. The van der Waals surface area contributed by atoms with Crippen molar-refractivity contribution >= 4 is 44.7 Å². The molecule has 1 fully saturated rings. The Kier molecular flexibility index (Phi) is 6.77. The molecule has 1 unspecified atom stereocenters. The number of ketones is 1. The monoisotopic (exact) mass is 479 g/mol. The van der Waals surface area contributed by atoms with Crippen molar-refractivity contribution in [2.45, 2.75) is 26.0 Å². The van der Waals surface area contributed by atoms with Crippen LogP contribution in [0.25, 0.3) is 5.76 Å². The number of aliphatic hydroxyl groups excluding tert-OH is 1. The van der Waals surface area contributed by atoms with E-state index in [1.54, 1.807) is 25.3 Å².